The Kier molecular flexibility index (Phi) is 4.84. The first-order valence-electron chi connectivity index (χ1n) is 7.13. The minimum atomic E-state index is -1.05. The molecule has 1 aliphatic rings. The van der Waals surface area contributed by atoms with Crippen molar-refractivity contribution in [2.45, 2.75) is 32.2 Å². The van der Waals surface area contributed by atoms with Crippen LogP contribution in [-0.2, 0) is 4.79 Å². The zero-order chi connectivity index (χ0) is 14.5. The first-order chi connectivity index (χ1) is 9.63. The van der Waals surface area contributed by atoms with E-state index in [1.165, 1.54) is 19.3 Å². The van der Waals surface area contributed by atoms with Crippen LogP contribution in [0.25, 0.3) is 0 Å². The van der Waals surface area contributed by atoms with Crippen LogP contribution in [0.5, 0.6) is 5.75 Å². The zero-order valence-corrected chi connectivity index (χ0v) is 11.8. The summed E-state index contributed by atoms with van der Waals surface area (Å²) < 4.78 is 5.57. The number of piperidine rings is 1. The topological polar surface area (TPSA) is 75.8 Å². The first-order valence-corrected chi connectivity index (χ1v) is 7.13. The minimum Gasteiger partial charge on any atom is -0.493 e. The summed E-state index contributed by atoms with van der Waals surface area (Å²) in [6.45, 7) is 4.44. The normalized spacial score (nSPS) is 16.8. The Bertz CT molecular complexity index is 470. The lowest BCUT2D eigenvalue weighted by molar-refractivity contribution is -0.138. The Labute approximate surface area is 119 Å². The van der Waals surface area contributed by atoms with Crippen molar-refractivity contribution in [1.82, 2.24) is 0 Å². The van der Waals surface area contributed by atoms with E-state index >= 15 is 0 Å². The molecule has 0 amide bonds. The number of ether oxygens (including phenoxy) is 1. The monoisotopic (exact) mass is 278 g/mol. The number of anilines is 1. The Hall–Kier alpha value is -1.75. The highest BCUT2D eigenvalue weighted by molar-refractivity contribution is 5.77. The summed E-state index contributed by atoms with van der Waals surface area (Å²) in [5.74, 6) is -0.470. The van der Waals surface area contributed by atoms with Crippen molar-refractivity contribution in [3.63, 3.8) is 0 Å². The number of carbonyl (C=O) groups is 1. The lowest BCUT2D eigenvalue weighted by Gasteiger charge is -2.29. The number of carboxylic acid groups (broad SMARTS) is 1. The van der Waals surface area contributed by atoms with Crippen LogP contribution in [0.3, 0.4) is 0 Å². The quantitative estimate of drug-likeness (QED) is 0.863. The molecule has 1 saturated heterocycles. The molecule has 0 saturated carbocycles. The lowest BCUT2D eigenvalue weighted by atomic mass is 10.0. The third-order valence-corrected chi connectivity index (χ3v) is 3.62. The summed E-state index contributed by atoms with van der Waals surface area (Å²) in [6, 6.07) is 4.57. The van der Waals surface area contributed by atoms with E-state index in [2.05, 4.69) is 4.90 Å². The molecular weight excluding hydrogens is 256 g/mol. The number of carboxylic acids is 1. The maximum Gasteiger partial charge on any atom is 0.325 e. The number of rotatable bonds is 5. The molecule has 5 nitrogen and oxygen atoms in total. The molecular formula is C15H22N2O3. The van der Waals surface area contributed by atoms with Crippen LogP contribution in [0.1, 0.15) is 37.8 Å². The predicted octanol–water partition coefficient (Wildman–Crippen LogP) is 2.16. The van der Waals surface area contributed by atoms with Crippen LogP contribution in [0.2, 0.25) is 0 Å². The zero-order valence-electron chi connectivity index (χ0n) is 11.8. The number of nitrogens with zero attached hydrogens (tertiary/aromatic N) is 1. The summed E-state index contributed by atoms with van der Waals surface area (Å²) >= 11 is 0. The number of benzene rings is 1. The van der Waals surface area contributed by atoms with Crippen molar-refractivity contribution in [2.75, 3.05) is 24.6 Å². The van der Waals surface area contributed by atoms with Crippen LogP contribution >= 0.6 is 0 Å². The summed E-state index contributed by atoms with van der Waals surface area (Å²) in [4.78, 5) is 13.4. The number of hydrogen-bond acceptors (Lipinski definition) is 4. The average Bonchev–Trinajstić information content (AvgIpc) is 2.47. The number of aliphatic carboxylic acids is 1. The summed E-state index contributed by atoms with van der Waals surface area (Å²) in [6.07, 6.45) is 3.66. The standard InChI is InChI=1S/C15H22N2O3/c1-2-20-13-10-11(17-8-4-3-5-9-17)6-7-12(13)14(16)15(18)19/h6-7,10,14H,2-5,8-9,16H2,1H3,(H,18,19)/t14-/m0/s1. The average molecular weight is 278 g/mol. The molecule has 1 fully saturated rings. The fraction of sp³-hybridized carbons (Fsp3) is 0.533. The van der Waals surface area contributed by atoms with Crippen LogP contribution in [0.4, 0.5) is 5.69 Å². The third kappa shape index (κ3) is 3.22. The van der Waals surface area contributed by atoms with E-state index in [0.29, 0.717) is 17.9 Å². The Balaban J connectivity index is 2.28. The summed E-state index contributed by atoms with van der Waals surface area (Å²) in [5.41, 5.74) is 7.31. The van der Waals surface area contributed by atoms with Gasteiger partial charge in [-0.05, 0) is 32.3 Å². The minimum absolute atomic E-state index is 0.489. The van der Waals surface area contributed by atoms with E-state index in [4.69, 9.17) is 15.6 Å². The van der Waals surface area contributed by atoms with Gasteiger partial charge in [-0.2, -0.15) is 0 Å². The molecule has 1 heterocycles. The van der Waals surface area contributed by atoms with Gasteiger partial charge in [-0.25, -0.2) is 0 Å². The highest BCUT2D eigenvalue weighted by Crippen LogP contribution is 2.31. The molecule has 0 aliphatic carbocycles. The molecule has 0 radical (unpaired) electrons. The molecule has 110 valence electrons. The van der Waals surface area contributed by atoms with Crippen molar-refractivity contribution in [3.05, 3.63) is 23.8 Å². The van der Waals surface area contributed by atoms with Crippen molar-refractivity contribution in [2.24, 2.45) is 5.73 Å². The molecule has 0 bridgehead atoms. The van der Waals surface area contributed by atoms with Gasteiger partial charge in [0.15, 0.2) is 0 Å². The fourth-order valence-electron chi connectivity index (χ4n) is 2.54. The van der Waals surface area contributed by atoms with Crippen LogP contribution in [-0.4, -0.2) is 30.8 Å². The van der Waals surface area contributed by atoms with Gasteiger partial charge in [0.2, 0.25) is 0 Å². The molecule has 5 heteroatoms. The summed E-state index contributed by atoms with van der Waals surface area (Å²) in [5, 5.41) is 9.06. The van der Waals surface area contributed by atoms with Gasteiger partial charge in [-0.15, -0.1) is 0 Å². The van der Waals surface area contributed by atoms with E-state index in [1.54, 1.807) is 6.07 Å². The molecule has 1 atom stereocenters. The van der Waals surface area contributed by atoms with Crippen molar-refractivity contribution < 1.29 is 14.6 Å². The van der Waals surface area contributed by atoms with Gasteiger partial charge < -0.3 is 20.5 Å². The van der Waals surface area contributed by atoms with Gasteiger partial charge in [0.25, 0.3) is 0 Å². The second kappa shape index (κ2) is 6.61. The van der Waals surface area contributed by atoms with E-state index < -0.39 is 12.0 Å². The second-order valence-electron chi connectivity index (χ2n) is 5.02. The van der Waals surface area contributed by atoms with Gasteiger partial charge >= 0.3 is 5.97 Å². The Morgan fingerprint density at radius 3 is 2.70 bits per heavy atom. The third-order valence-electron chi connectivity index (χ3n) is 3.62. The number of nitrogens with two attached hydrogens (primary N) is 1. The van der Waals surface area contributed by atoms with Crippen LogP contribution < -0.4 is 15.4 Å². The highest BCUT2D eigenvalue weighted by atomic mass is 16.5. The lowest BCUT2D eigenvalue weighted by Crippen LogP contribution is -2.29. The smallest absolute Gasteiger partial charge is 0.325 e. The maximum absolute atomic E-state index is 11.1. The van der Waals surface area contributed by atoms with Gasteiger partial charge in [-0.3, -0.25) is 4.79 Å². The molecule has 0 aromatic heterocycles. The SMILES string of the molecule is CCOc1cc(N2CCCCC2)ccc1[C@H](N)C(=O)O. The molecule has 1 aromatic carbocycles. The van der Waals surface area contributed by atoms with Gasteiger partial charge in [0.1, 0.15) is 11.8 Å². The second-order valence-corrected chi connectivity index (χ2v) is 5.02. The van der Waals surface area contributed by atoms with E-state index in [1.807, 2.05) is 19.1 Å². The highest BCUT2D eigenvalue weighted by Gasteiger charge is 2.20. The van der Waals surface area contributed by atoms with Gasteiger partial charge in [0.05, 0.1) is 6.61 Å². The van der Waals surface area contributed by atoms with Crippen LogP contribution in [0, 0.1) is 0 Å². The predicted molar refractivity (Wildman–Crippen MR) is 78.2 cm³/mol. The molecule has 20 heavy (non-hydrogen) atoms. The van der Waals surface area contributed by atoms with E-state index in [-0.39, 0.29) is 0 Å². The van der Waals surface area contributed by atoms with E-state index in [0.717, 1.165) is 18.8 Å². The fourth-order valence-corrected chi connectivity index (χ4v) is 2.54. The molecule has 1 aliphatic heterocycles. The first kappa shape index (κ1) is 14.7. The molecule has 3 N–H and O–H groups in total. The molecule has 2 rings (SSSR count). The van der Waals surface area contributed by atoms with Crippen molar-refractivity contribution in [1.29, 1.82) is 0 Å². The largest absolute Gasteiger partial charge is 0.493 e. The Morgan fingerprint density at radius 2 is 2.10 bits per heavy atom. The van der Waals surface area contributed by atoms with Gasteiger partial charge in [-0.1, -0.05) is 6.07 Å². The Morgan fingerprint density at radius 1 is 1.40 bits per heavy atom. The number of hydrogen-bond donors (Lipinski definition) is 2. The van der Waals surface area contributed by atoms with Gasteiger partial charge in [0, 0.05) is 30.4 Å². The maximum atomic E-state index is 11.1. The van der Waals surface area contributed by atoms with Crippen LogP contribution in [0.15, 0.2) is 18.2 Å². The molecule has 0 unspecified atom stereocenters. The van der Waals surface area contributed by atoms with Crippen molar-refractivity contribution >= 4 is 11.7 Å². The van der Waals surface area contributed by atoms with E-state index in [9.17, 15) is 4.79 Å². The molecule has 1 aromatic rings. The summed E-state index contributed by atoms with van der Waals surface area (Å²) in [7, 11) is 0. The molecule has 0 spiro atoms. The van der Waals surface area contributed by atoms with Crippen molar-refractivity contribution in [3.8, 4) is 5.75 Å².